The maximum atomic E-state index is 13.7. The fraction of sp³-hybridized carbons (Fsp3) is 0.0769. The van der Waals surface area contributed by atoms with Crippen molar-refractivity contribution < 1.29 is 9.18 Å². The SMILES string of the molecule is O=C(NCc1ccncc1)c1cccc(Br)c1F. The lowest BCUT2D eigenvalue weighted by Gasteiger charge is -2.06. The van der Waals surface area contributed by atoms with Crippen LogP contribution in [0, 0.1) is 5.82 Å². The van der Waals surface area contributed by atoms with Crippen LogP contribution in [0.2, 0.25) is 0 Å². The standard InChI is InChI=1S/C13H10BrFN2O/c14-11-3-1-2-10(12(11)15)13(18)17-8-9-4-6-16-7-5-9/h1-7H,8H2,(H,17,18). The van der Waals surface area contributed by atoms with Crippen LogP contribution in [-0.4, -0.2) is 10.9 Å². The van der Waals surface area contributed by atoms with Crippen molar-refractivity contribution in [1.29, 1.82) is 0 Å². The fourth-order valence-electron chi connectivity index (χ4n) is 1.46. The number of pyridine rings is 1. The predicted octanol–water partition coefficient (Wildman–Crippen LogP) is 2.91. The molecule has 5 heteroatoms. The van der Waals surface area contributed by atoms with E-state index < -0.39 is 11.7 Å². The average Bonchev–Trinajstić information content (AvgIpc) is 2.40. The molecule has 0 unspecified atom stereocenters. The number of nitrogens with one attached hydrogen (secondary N) is 1. The Morgan fingerprint density at radius 3 is 2.72 bits per heavy atom. The minimum absolute atomic E-state index is 0.0263. The highest BCUT2D eigenvalue weighted by molar-refractivity contribution is 9.10. The molecule has 92 valence electrons. The van der Waals surface area contributed by atoms with E-state index in [9.17, 15) is 9.18 Å². The van der Waals surface area contributed by atoms with Crippen LogP contribution in [0.15, 0.2) is 47.2 Å². The first-order valence-electron chi connectivity index (χ1n) is 5.29. The van der Waals surface area contributed by atoms with Gasteiger partial charge in [0.2, 0.25) is 0 Å². The van der Waals surface area contributed by atoms with Gasteiger partial charge in [0.25, 0.3) is 5.91 Å². The molecule has 0 atom stereocenters. The molecule has 0 bridgehead atoms. The van der Waals surface area contributed by atoms with Crippen molar-refractivity contribution in [1.82, 2.24) is 10.3 Å². The van der Waals surface area contributed by atoms with E-state index in [0.29, 0.717) is 6.54 Å². The Kier molecular flexibility index (Phi) is 4.04. The van der Waals surface area contributed by atoms with Crippen LogP contribution >= 0.6 is 15.9 Å². The van der Waals surface area contributed by atoms with Gasteiger partial charge in [-0.1, -0.05) is 6.07 Å². The lowest BCUT2D eigenvalue weighted by Crippen LogP contribution is -2.23. The van der Waals surface area contributed by atoms with Gasteiger partial charge >= 0.3 is 0 Å². The zero-order valence-corrected chi connectivity index (χ0v) is 10.9. The molecule has 2 rings (SSSR count). The number of amides is 1. The molecule has 1 amide bonds. The van der Waals surface area contributed by atoms with Gasteiger partial charge < -0.3 is 5.32 Å². The third kappa shape index (κ3) is 2.92. The third-order valence-electron chi connectivity index (χ3n) is 2.40. The van der Waals surface area contributed by atoms with Crippen LogP contribution < -0.4 is 5.32 Å². The Bertz CT molecular complexity index is 560. The van der Waals surface area contributed by atoms with Gasteiger partial charge in [-0.05, 0) is 45.8 Å². The number of rotatable bonds is 3. The number of halogens is 2. The first-order valence-corrected chi connectivity index (χ1v) is 6.09. The molecule has 1 aromatic carbocycles. The van der Waals surface area contributed by atoms with Crippen LogP contribution in [-0.2, 0) is 6.54 Å². The molecular formula is C13H10BrFN2O. The van der Waals surface area contributed by atoms with Crippen molar-refractivity contribution in [3.05, 3.63) is 64.1 Å². The molecule has 1 N–H and O–H groups in total. The van der Waals surface area contributed by atoms with Crippen molar-refractivity contribution in [3.8, 4) is 0 Å². The van der Waals surface area contributed by atoms with E-state index in [4.69, 9.17) is 0 Å². The average molecular weight is 309 g/mol. The van der Waals surface area contributed by atoms with E-state index in [1.54, 1.807) is 36.7 Å². The molecule has 1 aromatic heterocycles. The first-order chi connectivity index (χ1) is 8.68. The summed E-state index contributed by atoms with van der Waals surface area (Å²) in [6, 6.07) is 8.20. The zero-order valence-electron chi connectivity index (χ0n) is 9.36. The number of carbonyl (C=O) groups excluding carboxylic acids is 1. The van der Waals surface area contributed by atoms with Crippen LogP contribution in [0.25, 0.3) is 0 Å². The van der Waals surface area contributed by atoms with Crippen molar-refractivity contribution in [2.24, 2.45) is 0 Å². The highest BCUT2D eigenvalue weighted by Gasteiger charge is 2.13. The van der Waals surface area contributed by atoms with E-state index in [1.165, 1.54) is 6.07 Å². The highest BCUT2D eigenvalue weighted by Crippen LogP contribution is 2.18. The van der Waals surface area contributed by atoms with Crippen molar-refractivity contribution >= 4 is 21.8 Å². The van der Waals surface area contributed by atoms with Crippen LogP contribution in [0.5, 0.6) is 0 Å². The zero-order chi connectivity index (χ0) is 13.0. The van der Waals surface area contributed by atoms with Gasteiger partial charge in [0.15, 0.2) is 0 Å². The van der Waals surface area contributed by atoms with Gasteiger partial charge in [0.05, 0.1) is 10.0 Å². The first kappa shape index (κ1) is 12.7. The summed E-state index contributed by atoms with van der Waals surface area (Å²) in [6.45, 7) is 0.341. The lowest BCUT2D eigenvalue weighted by molar-refractivity contribution is 0.0946. The van der Waals surface area contributed by atoms with Crippen molar-refractivity contribution in [2.75, 3.05) is 0 Å². The van der Waals surface area contributed by atoms with Gasteiger partial charge in [0, 0.05) is 18.9 Å². The Hall–Kier alpha value is -1.75. The minimum atomic E-state index is -0.551. The number of aromatic nitrogens is 1. The minimum Gasteiger partial charge on any atom is -0.348 e. The van der Waals surface area contributed by atoms with Crippen LogP contribution in [0.3, 0.4) is 0 Å². The number of nitrogens with zero attached hydrogens (tertiary/aromatic N) is 1. The van der Waals surface area contributed by atoms with E-state index in [-0.39, 0.29) is 10.0 Å². The molecule has 3 nitrogen and oxygen atoms in total. The van der Waals surface area contributed by atoms with E-state index in [0.717, 1.165) is 5.56 Å². The summed E-state index contributed by atoms with van der Waals surface area (Å²) in [5, 5.41) is 2.66. The second kappa shape index (κ2) is 5.73. The van der Waals surface area contributed by atoms with Crippen molar-refractivity contribution in [3.63, 3.8) is 0 Å². The maximum Gasteiger partial charge on any atom is 0.254 e. The Morgan fingerprint density at radius 1 is 1.28 bits per heavy atom. The smallest absolute Gasteiger partial charge is 0.254 e. The molecule has 0 fully saturated rings. The number of benzene rings is 1. The van der Waals surface area contributed by atoms with E-state index in [2.05, 4.69) is 26.2 Å². The molecule has 18 heavy (non-hydrogen) atoms. The van der Waals surface area contributed by atoms with E-state index >= 15 is 0 Å². The number of hydrogen-bond donors (Lipinski definition) is 1. The predicted molar refractivity (Wildman–Crippen MR) is 69.5 cm³/mol. The van der Waals surface area contributed by atoms with Crippen LogP contribution in [0.4, 0.5) is 4.39 Å². The molecule has 2 aromatic rings. The van der Waals surface area contributed by atoms with Gasteiger partial charge in [-0.2, -0.15) is 0 Å². The molecule has 0 aliphatic heterocycles. The molecule has 0 radical (unpaired) electrons. The summed E-state index contributed by atoms with van der Waals surface area (Å²) in [5.41, 5.74) is 0.937. The summed E-state index contributed by atoms with van der Waals surface area (Å²) >= 11 is 3.05. The van der Waals surface area contributed by atoms with Gasteiger partial charge in [0.1, 0.15) is 5.82 Å². The molecule has 1 heterocycles. The van der Waals surface area contributed by atoms with E-state index in [1.807, 2.05) is 0 Å². The molecular weight excluding hydrogens is 299 g/mol. The monoisotopic (exact) mass is 308 g/mol. The van der Waals surface area contributed by atoms with Gasteiger partial charge in [-0.25, -0.2) is 4.39 Å². The summed E-state index contributed by atoms with van der Waals surface area (Å²) in [7, 11) is 0. The second-order valence-electron chi connectivity index (χ2n) is 3.64. The lowest BCUT2D eigenvalue weighted by atomic mass is 10.2. The molecule has 0 aliphatic carbocycles. The largest absolute Gasteiger partial charge is 0.348 e. The summed E-state index contributed by atoms with van der Waals surface area (Å²) in [6.07, 6.45) is 3.28. The summed E-state index contributed by atoms with van der Waals surface area (Å²) in [4.78, 5) is 15.7. The topological polar surface area (TPSA) is 42.0 Å². The number of hydrogen-bond acceptors (Lipinski definition) is 2. The van der Waals surface area contributed by atoms with Gasteiger partial charge in [-0.3, -0.25) is 9.78 Å². The Labute approximate surface area is 112 Å². The maximum absolute atomic E-state index is 13.7. The molecule has 0 saturated heterocycles. The third-order valence-corrected chi connectivity index (χ3v) is 3.01. The van der Waals surface area contributed by atoms with Crippen LogP contribution in [0.1, 0.15) is 15.9 Å². The second-order valence-corrected chi connectivity index (χ2v) is 4.49. The number of carbonyl (C=O) groups is 1. The molecule has 0 saturated carbocycles. The summed E-state index contributed by atoms with van der Waals surface area (Å²) in [5.74, 6) is -0.990. The van der Waals surface area contributed by atoms with Gasteiger partial charge in [-0.15, -0.1) is 0 Å². The summed E-state index contributed by atoms with van der Waals surface area (Å²) < 4.78 is 13.9. The molecule has 0 aliphatic rings. The normalized spacial score (nSPS) is 10.1. The molecule has 0 spiro atoms. The quantitative estimate of drug-likeness (QED) is 0.947. The Morgan fingerprint density at radius 2 is 2.00 bits per heavy atom. The van der Waals surface area contributed by atoms with Crippen molar-refractivity contribution in [2.45, 2.75) is 6.54 Å². The fourth-order valence-corrected chi connectivity index (χ4v) is 1.82. The highest BCUT2D eigenvalue weighted by atomic mass is 79.9. The Balaban J connectivity index is 2.07.